The van der Waals surface area contributed by atoms with E-state index in [1.807, 2.05) is 6.07 Å². The van der Waals surface area contributed by atoms with Gasteiger partial charge in [-0.15, -0.1) is 0 Å². The van der Waals surface area contributed by atoms with Crippen molar-refractivity contribution in [3.63, 3.8) is 0 Å². The predicted octanol–water partition coefficient (Wildman–Crippen LogP) is 2.65. The first-order valence-electron chi connectivity index (χ1n) is 7.47. The summed E-state index contributed by atoms with van der Waals surface area (Å²) in [5, 5.41) is 6.49. The molecule has 0 bridgehead atoms. The van der Waals surface area contributed by atoms with Gasteiger partial charge in [0.1, 0.15) is 0 Å². The van der Waals surface area contributed by atoms with E-state index in [2.05, 4.69) is 22.8 Å². The number of nitrogens with one attached hydrogen (secondary N) is 2. The van der Waals surface area contributed by atoms with Crippen LogP contribution in [0.25, 0.3) is 0 Å². The number of carbonyl (C=O) groups is 1. The molecule has 1 fully saturated rings. The van der Waals surface area contributed by atoms with Crippen molar-refractivity contribution in [2.45, 2.75) is 51.0 Å². The zero-order chi connectivity index (χ0) is 13.1. The van der Waals surface area contributed by atoms with Crippen LogP contribution >= 0.6 is 0 Å². The van der Waals surface area contributed by atoms with Crippen molar-refractivity contribution in [2.75, 3.05) is 11.9 Å². The van der Waals surface area contributed by atoms with Crippen LogP contribution in [-0.2, 0) is 17.6 Å². The van der Waals surface area contributed by atoms with Gasteiger partial charge in [-0.1, -0.05) is 12.1 Å². The average molecular weight is 258 g/mol. The Balaban J connectivity index is 1.67. The Morgan fingerprint density at radius 2 is 2.16 bits per heavy atom. The van der Waals surface area contributed by atoms with Crippen molar-refractivity contribution in [2.24, 2.45) is 0 Å². The molecule has 0 saturated carbocycles. The zero-order valence-corrected chi connectivity index (χ0v) is 11.4. The number of amides is 1. The molecule has 3 nitrogen and oxygen atoms in total. The Morgan fingerprint density at radius 3 is 3.00 bits per heavy atom. The molecule has 1 unspecified atom stereocenters. The maximum absolute atomic E-state index is 12.1. The maximum atomic E-state index is 12.1. The van der Waals surface area contributed by atoms with Gasteiger partial charge in [-0.3, -0.25) is 4.79 Å². The average Bonchev–Trinajstić information content (AvgIpc) is 2.92. The summed E-state index contributed by atoms with van der Waals surface area (Å²) in [6.45, 7) is 1.05. The van der Waals surface area contributed by atoms with E-state index in [4.69, 9.17) is 0 Å². The highest BCUT2D eigenvalue weighted by atomic mass is 16.1. The molecule has 1 aliphatic heterocycles. The van der Waals surface area contributed by atoms with Gasteiger partial charge in [0.05, 0.1) is 0 Å². The van der Waals surface area contributed by atoms with E-state index in [1.54, 1.807) is 0 Å². The molecule has 1 aliphatic carbocycles. The lowest BCUT2D eigenvalue weighted by atomic mass is 9.90. The van der Waals surface area contributed by atoms with Crippen molar-refractivity contribution in [3.8, 4) is 0 Å². The van der Waals surface area contributed by atoms with E-state index in [0.717, 1.165) is 31.5 Å². The third kappa shape index (κ3) is 2.98. The second-order valence-electron chi connectivity index (χ2n) is 5.70. The van der Waals surface area contributed by atoms with Gasteiger partial charge in [-0.05, 0) is 62.3 Å². The molecule has 0 aromatic heterocycles. The van der Waals surface area contributed by atoms with E-state index < -0.39 is 0 Å². The molecule has 19 heavy (non-hydrogen) atoms. The molecular weight excluding hydrogens is 236 g/mol. The van der Waals surface area contributed by atoms with Crippen molar-refractivity contribution >= 4 is 11.6 Å². The van der Waals surface area contributed by atoms with E-state index in [0.29, 0.717) is 12.5 Å². The summed E-state index contributed by atoms with van der Waals surface area (Å²) in [6, 6.07) is 6.68. The first-order valence-corrected chi connectivity index (χ1v) is 7.47. The molecule has 0 spiro atoms. The summed E-state index contributed by atoms with van der Waals surface area (Å²) >= 11 is 0. The molecule has 1 atom stereocenters. The molecule has 102 valence electrons. The first kappa shape index (κ1) is 12.7. The Bertz CT molecular complexity index is 464. The van der Waals surface area contributed by atoms with Crippen LogP contribution in [0.4, 0.5) is 5.69 Å². The Labute approximate surface area is 114 Å². The van der Waals surface area contributed by atoms with Crippen LogP contribution in [0.15, 0.2) is 18.2 Å². The SMILES string of the molecule is O=C(CC1CCCN1)Nc1cccc2c1CCCC2. The standard InChI is InChI=1S/C16H22N2O/c19-16(11-13-7-4-10-17-13)18-15-9-3-6-12-5-1-2-8-14(12)15/h3,6,9,13,17H,1-2,4-5,7-8,10-11H2,(H,18,19). The minimum absolute atomic E-state index is 0.151. The lowest BCUT2D eigenvalue weighted by molar-refractivity contribution is -0.116. The number of hydrogen-bond donors (Lipinski definition) is 2. The van der Waals surface area contributed by atoms with E-state index in [1.165, 1.54) is 30.4 Å². The van der Waals surface area contributed by atoms with Gasteiger partial charge in [0.2, 0.25) is 5.91 Å². The molecule has 3 rings (SSSR count). The minimum atomic E-state index is 0.151. The van der Waals surface area contributed by atoms with Gasteiger partial charge >= 0.3 is 0 Å². The number of anilines is 1. The smallest absolute Gasteiger partial charge is 0.225 e. The molecule has 1 aromatic carbocycles. The third-order valence-corrected chi connectivity index (χ3v) is 4.26. The molecule has 1 saturated heterocycles. The lowest BCUT2D eigenvalue weighted by Gasteiger charge is -2.20. The van der Waals surface area contributed by atoms with Crippen LogP contribution < -0.4 is 10.6 Å². The monoisotopic (exact) mass is 258 g/mol. The van der Waals surface area contributed by atoms with Gasteiger partial charge in [-0.2, -0.15) is 0 Å². The van der Waals surface area contributed by atoms with E-state index in [9.17, 15) is 4.79 Å². The number of aryl methyl sites for hydroxylation is 1. The molecule has 1 amide bonds. The molecule has 0 radical (unpaired) electrons. The van der Waals surface area contributed by atoms with Crippen LogP contribution in [0.1, 0.15) is 43.2 Å². The topological polar surface area (TPSA) is 41.1 Å². The van der Waals surface area contributed by atoms with Gasteiger partial charge in [0.25, 0.3) is 0 Å². The maximum Gasteiger partial charge on any atom is 0.225 e. The second kappa shape index (κ2) is 5.74. The van der Waals surface area contributed by atoms with Gasteiger partial charge in [-0.25, -0.2) is 0 Å². The summed E-state index contributed by atoms with van der Waals surface area (Å²) in [5.74, 6) is 0.151. The van der Waals surface area contributed by atoms with Crippen molar-refractivity contribution < 1.29 is 4.79 Å². The Morgan fingerprint density at radius 1 is 1.26 bits per heavy atom. The number of carbonyl (C=O) groups excluding carboxylic acids is 1. The molecule has 1 aromatic rings. The van der Waals surface area contributed by atoms with Gasteiger partial charge < -0.3 is 10.6 Å². The molecule has 2 aliphatic rings. The number of fused-ring (bicyclic) bond motifs is 1. The van der Waals surface area contributed by atoms with Crippen LogP contribution in [0, 0.1) is 0 Å². The Hall–Kier alpha value is -1.35. The number of hydrogen-bond acceptors (Lipinski definition) is 2. The summed E-state index contributed by atoms with van der Waals surface area (Å²) in [7, 11) is 0. The summed E-state index contributed by atoms with van der Waals surface area (Å²) in [6.07, 6.45) is 7.69. The predicted molar refractivity (Wildman–Crippen MR) is 77.4 cm³/mol. The fraction of sp³-hybridized carbons (Fsp3) is 0.562. The van der Waals surface area contributed by atoms with E-state index >= 15 is 0 Å². The molecule has 3 heteroatoms. The van der Waals surface area contributed by atoms with Crippen LogP contribution in [0.5, 0.6) is 0 Å². The Kier molecular flexibility index (Phi) is 3.83. The highest BCUT2D eigenvalue weighted by Crippen LogP contribution is 2.28. The van der Waals surface area contributed by atoms with Crippen LogP contribution in [-0.4, -0.2) is 18.5 Å². The highest BCUT2D eigenvalue weighted by molar-refractivity contribution is 5.92. The molecular formula is C16H22N2O. The second-order valence-corrected chi connectivity index (χ2v) is 5.70. The fourth-order valence-corrected chi connectivity index (χ4v) is 3.25. The fourth-order valence-electron chi connectivity index (χ4n) is 3.25. The zero-order valence-electron chi connectivity index (χ0n) is 11.4. The lowest BCUT2D eigenvalue weighted by Crippen LogP contribution is -2.27. The summed E-state index contributed by atoms with van der Waals surface area (Å²) in [4.78, 5) is 12.1. The summed E-state index contributed by atoms with van der Waals surface area (Å²) in [5.41, 5.74) is 3.82. The van der Waals surface area contributed by atoms with Gasteiger partial charge in [0.15, 0.2) is 0 Å². The summed E-state index contributed by atoms with van der Waals surface area (Å²) < 4.78 is 0. The van der Waals surface area contributed by atoms with Crippen molar-refractivity contribution in [1.29, 1.82) is 0 Å². The number of rotatable bonds is 3. The van der Waals surface area contributed by atoms with Crippen molar-refractivity contribution in [1.82, 2.24) is 5.32 Å². The highest BCUT2D eigenvalue weighted by Gasteiger charge is 2.19. The van der Waals surface area contributed by atoms with Gasteiger partial charge in [0, 0.05) is 18.2 Å². The number of benzene rings is 1. The van der Waals surface area contributed by atoms with E-state index in [-0.39, 0.29) is 5.91 Å². The molecule has 1 heterocycles. The normalized spacial score (nSPS) is 22.0. The quantitative estimate of drug-likeness (QED) is 0.875. The van der Waals surface area contributed by atoms with Crippen LogP contribution in [0.3, 0.4) is 0 Å². The third-order valence-electron chi connectivity index (χ3n) is 4.26. The molecule has 2 N–H and O–H groups in total. The first-order chi connectivity index (χ1) is 9.33. The van der Waals surface area contributed by atoms with Crippen LogP contribution in [0.2, 0.25) is 0 Å². The minimum Gasteiger partial charge on any atom is -0.326 e. The van der Waals surface area contributed by atoms with Crippen molar-refractivity contribution in [3.05, 3.63) is 29.3 Å². The largest absolute Gasteiger partial charge is 0.326 e.